The van der Waals surface area contributed by atoms with E-state index in [9.17, 15) is 19.6 Å². The van der Waals surface area contributed by atoms with E-state index in [1.165, 1.54) is 34.1 Å². The van der Waals surface area contributed by atoms with Crippen molar-refractivity contribution in [2.75, 3.05) is 31.1 Å². The third-order valence-electron chi connectivity index (χ3n) is 6.10. The fraction of sp³-hybridized carbons (Fsp3) is 0.304. The van der Waals surface area contributed by atoms with Crippen molar-refractivity contribution < 1.29 is 14.4 Å². The Balaban J connectivity index is 1.49. The molecule has 4 aromatic rings. The van der Waals surface area contributed by atoms with E-state index in [0.717, 1.165) is 5.56 Å². The van der Waals surface area contributed by atoms with Gasteiger partial charge in [0.05, 0.1) is 21.5 Å². The van der Waals surface area contributed by atoms with Crippen molar-refractivity contribution in [2.45, 2.75) is 19.4 Å². The van der Waals surface area contributed by atoms with Crippen LogP contribution in [0.1, 0.15) is 29.2 Å². The molecule has 2 aromatic heterocycles. The van der Waals surface area contributed by atoms with Crippen LogP contribution in [0.25, 0.3) is 4.96 Å². The molecule has 1 fully saturated rings. The van der Waals surface area contributed by atoms with E-state index in [1.54, 1.807) is 24.3 Å². The molecular formula is C23H23FN6O3S. The van der Waals surface area contributed by atoms with Crippen LogP contribution in [0, 0.1) is 15.9 Å². The third-order valence-corrected chi connectivity index (χ3v) is 7.17. The Bertz CT molecular complexity index is 1330. The van der Waals surface area contributed by atoms with Crippen molar-refractivity contribution >= 4 is 27.7 Å². The number of nitrogens with zero attached hydrogens (tertiary/aromatic N) is 6. The number of benzene rings is 2. The van der Waals surface area contributed by atoms with E-state index in [0.29, 0.717) is 53.9 Å². The number of hydrogen-bond donors (Lipinski definition) is 1. The highest BCUT2D eigenvalue weighted by atomic mass is 32.1. The van der Waals surface area contributed by atoms with Crippen molar-refractivity contribution in [3.05, 3.63) is 80.7 Å². The predicted octanol–water partition coefficient (Wildman–Crippen LogP) is 4.02. The molecule has 1 atom stereocenters. The maximum absolute atomic E-state index is 14.3. The van der Waals surface area contributed by atoms with Crippen LogP contribution in [0.4, 0.5) is 15.8 Å². The van der Waals surface area contributed by atoms with Crippen molar-refractivity contribution in [3.63, 3.8) is 0 Å². The summed E-state index contributed by atoms with van der Waals surface area (Å²) in [7, 11) is 0. The van der Waals surface area contributed by atoms with E-state index in [2.05, 4.69) is 15.0 Å². The molecule has 9 nitrogen and oxygen atoms in total. The average Bonchev–Trinajstić information content (AvgIpc) is 3.39. The molecule has 1 aliphatic rings. The molecule has 11 heteroatoms. The second-order valence-corrected chi connectivity index (χ2v) is 9.10. The smallest absolute Gasteiger partial charge is 0.269 e. The Morgan fingerprint density at radius 3 is 2.47 bits per heavy atom. The average molecular weight is 483 g/mol. The number of rotatable bonds is 6. The van der Waals surface area contributed by atoms with E-state index < -0.39 is 4.92 Å². The van der Waals surface area contributed by atoms with Crippen LogP contribution in [-0.4, -0.2) is 55.7 Å². The minimum Gasteiger partial charge on any atom is -0.492 e. The summed E-state index contributed by atoms with van der Waals surface area (Å²) in [5, 5.41) is 26.6. The summed E-state index contributed by atoms with van der Waals surface area (Å²) in [5.74, 6) is 0.420. The van der Waals surface area contributed by atoms with Crippen LogP contribution in [-0.2, 0) is 6.42 Å². The molecule has 0 saturated carbocycles. The van der Waals surface area contributed by atoms with Gasteiger partial charge in [0.1, 0.15) is 5.82 Å². The maximum atomic E-state index is 14.3. The quantitative estimate of drug-likeness (QED) is 0.327. The first-order valence-corrected chi connectivity index (χ1v) is 11.8. The lowest BCUT2D eigenvalue weighted by Crippen LogP contribution is -2.48. The highest BCUT2D eigenvalue weighted by Crippen LogP contribution is 2.41. The van der Waals surface area contributed by atoms with Gasteiger partial charge in [-0.05, 0) is 17.7 Å². The van der Waals surface area contributed by atoms with Gasteiger partial charge in [-0.2, -0.15) is 4.52 Å². The topological polar surface area (TPSA) is 100 Å². The van der Waals surface area contributed by atoms with Crippen LogP contribution in [0.5, 0.6) is 5.88 Å². The Morgan fingerprint density at radius 2 is 1.85 bits per heavy atom. The fourth-order valence-electron chi connectivity index (χ4n) is 4.35. The van der Waals surface area contributed by atoms with Crippen LogP contribution in [0.2, 0.25) is 0 Å². The Hall–Kier alpha value is -3.57. The monoisotopic (exact) mass is 482 g/mol. The normalized spacial score (nSPS) is 15.6. The number of aryl methyl sites for hydroxylation is 1. The minimum absolute atomic E-state index is 0.00586. The zero-order valence-electron chi connectivity index (χ0n) is 18.5. The zero-order chi connectivity index (χ0) is 23.8. The predicted molar refractivity (Wildman–Crippen MR) is 127 cm³/mol. The molecule has 0 amide bonds. The molecule has 0 radical (unpaired) electrons. The second-order valence-electron chi connectivity index (χ2n) is 8.09. The first kappa shape index (κ1) is 22.2. The van der Waals surface area contributed by atoms with E-state index >= 15 is 0 Å². The van der Waals surface area contributed by atoms with Gasteiger partial charge in [0.25, 0.3) is 5.69 Å². The van der Waals surface area contributed by atoms with E-state index in [-0.39, 0.29) is 23.4 Å². The number of anilines is 1. The molecule has 5 rings (SSSR count). The number of halogens is 1. The highest BCUT2D eigenvalue weighted by Gasteiger charge is 2.32. The van der Waals surface area contributed by atoms with Crippen LogP contribution in [0.15, 0.2) is 48.5 Å². The lowest BCUT2D eigenvalue weighted by atomic mass is 10.0. The van der Waals surface area contributed by atoms with Gasteiger partial charge in [0.2, 0.25) is 10.8 Å². The number of nitro groups is 1. The SMILES string of the molecule is CCc1nc2sc([C@@H](c3ccc([N+](=O)[O-])cc3)N3CCN(c4ccccc4F)CC3)c(O)n2n1. The number of nitro benzene ring substituents is 1. The molecule has 1 N–H and O–H groups in total. The van der Waals surface area contributed by atoms with Crippen molar-refractivity contribution in [2.24, 2.45) is 0 Å². The van der Waals surface area contributed by atoms with Crippen LogP contribution >= 0.6 is 11.3 Å². The molecule has 0 unspecified atom stereocenters. The number of aromatic nitrogens is 3. The van der Waals surface area contributed by atoms with Crippen molar-refractivity contribution in [3.8, 4) is 5.88 Å². The highest BCUT2D eigenvalue weighted by molar-refractivity contribution is 7.17. The van der Waals surface area contributed by atoms with Crippen LogP contribution < -0.4 is 4.90 Å². The van der Waals surface area contributed by atoms with Crippen molar-refractivity contribution in [1.82, 2.24) is 19.5 Å². The van der Waals surface area contributed by atoms with Gasteiger partial charge in [0, 0.05) is 44.7 Å². The molecule has 2 aromatic carbocycles. The Kier molecular flexibility index (Phi) is 5.88. The molecular weight excluding hydrogens is 459 g/mol. The summed E-state index contributed by atoms with van der Waals surface area (Å²) >= 11 is 1.36. The number of aromatic hydroxyl groups is 1. The first-order chi connectivity index (χ1) is 16.5. The molecule has 0 aliphatic carbocycles. The van der Waals surface area contributed by atoms with Gasteiger partial charge in [-0.15, -0.1) is 5.10 Å². The maximum Gasteiger partial charge on any atom is 0.269 e. The molecule has 3 heterocycles. The summed E-state index contributed by atoms with van der Waals surface area (Å²) in [6.07, 6.45) is 0.660. The first-order valence-electron chi connectivity index (χ1n) is 11.0. The molecule has 176 valence electrons. The number of para-hydroxylation sites is 1. The van der Waals surface area contributed by atoms with Gasteiger partial charge < -0.3 is 10.0 Å². The van der Waals surface area contributed by atoms with Gasteiger partial charge in [-0.25, -0.2) is 9.37 Å². The number of thiazole rings is 1. The third kappa shape index (κ3) is 3.97. The summed E-state index contributed by atoms with van der Waals surface area (Å²) < 4.78 is 15.8. The number of piperazine rings is 1. The standard InChI is InChI=1S/C23H23FN6O3S/c1-2-19-25-23-29(26-19)22(31)21(34-23)20(15-7-9-16(10-8-15)30(32)33)28-13-11-27(12-14-28)18-6-4-3-5-17(18)24/h3-10,20,31H,2,11-14H2,1H3/t20-/m1/s1. The number of fused-ring (bicyclic) bond motifs is 1. The van der Waals surface area contributed by atoms with Gasteiger partial charge >= 0.3 is 0 Å². The summed E-state index contributed by atoms with van der Waals surface area (Å²) in [5.41, 5.74) is 1.40. The van der Waals surface area contributed by atoms with Crippen LogP contribution in [0.3, 0.4) is 0 Å². The molecule has 0 spiro atoms. The molecule has 1 saturated heterocycles. The van der Waals surface area contributed by atoms with Gasteiger partial charge in [-0.1, -0.05) is 42.5 Å². The summed E-state index contributed by atoms with van der Waals surface area (Å²) in [6, 6.07) is 12.8. The molecule has 0 bridgehead atoms. The second kappa shape index (κ2) is 8.99. The summed E-state index contributed by atoms with van der Waals surface area (Å²) in [6.45, 7) is 4.39. The Morgan fingerprint density at radius 1 is 1.15 bits per heavy atom. The fourth-order valence-corrected chi connectivity index (χ4v) is 5.49. The van der Waals surface area contributed by atoms with Gasteiger partial charge in [0.15, 0.2) is 5.82 Å². The molecule has 34 heavy (non-hydrogen) atoms. The minimum atomic E-state index is -0.432. The largest absolute Gasteiger partial charge is 0.492 e. The van der Waals surface area contributed by atoms with E-state index in [4.69, 9.17) is 0 Å². The van der Waals surface area contributed by atoms with Gasteiger partial charge in [-0.3, -0.25) is 15.0 Å². The Labute approximate surface area is 198 Å². The number of non-ortho nitro benzene ring substituents is 1. The van der Waals surface area contributed by atoms with E-state index in [1.807, 2.05) is 17.9 Å². The lowest BCUT2D eigenvalue weighted by molar-refractivity contribution is -0.384. The zero-order valence-corrected chi connectivity index (χ0v) is 19.3. The number of hydrogen-bond acceptors (Lipinski definition) is 8. The van der Waals surface area contributed by atoms with Crippen molar-refractivity contribution in [1.29, 1.82) is 0 Å². The molecule has 1 aliphatic heterocycles. The summed E-state index contributed by atoms with van der Waals surface area (Å²) in [4.78, 5) is 20.7. The lowest BCUT2D eigenvalue weighted by Gasteiger charge is -2.40.